The van der Waals surface area contributed by atoms with Gasteiger partial charge in [0.1, 0.15) is 17.6 Å². The van der Waals surface area contributed by atoms with Gasteiger partial charge < -0.3 is 17.0 Å². The molecule has 154 valence electrons. The normalized spacial score (nSPS) is 10.8. The predicted octanol–water partition coefficient (Wildman–Crippen LogP) is 2.06. The second kappa shape index (κ2) is 9.21. The number of hydrogen-bond acceptors (Lipinski definition) is 2. The van der Waals surface area contributed by atoms with Crippen LogP contribution >= 0.6 is 23.2 Å². The summed E-state index contributed by atoms with van der Waals surface area (Å²) in [5, 5.41) is 0.780. The number of carbonyl (C=O) groups excluding carboxylic acids is 1. The molecule has 30 heavy (non-hydrogen) atoms. The third-order valence-corrected chi connectivity index (χ3v) is 5.76. The number of Topliss-reactive ketones (excluding diaryl/α,β-unsaturated/α-hetero) is 1. The molecule has 0 bridgehead atoms. The third-order valence-electron chi connectivity index (χ3n) is 5.02. The van der Waals surface area contributed by atoms with Crippen LogP contribution in [-0.4, -0.2) is 10.4 Å². The summed E-state index contributed by atoms with van der Waals surface area (Å²) in [6, 6.07) is 21.1. The topological polar surface area (TPSA) is 51.9 Å². The van der Waals surface area contributed by atoms with Gasteiger partial charge in [-0.15, -0.1) is 0 Å². The molecule has 3 aromatic carbocycles. The van der Waals surface area contributed by atoms with Gasteiger partial charge in [0.05, 0.1) is 16.6 Å². The molecule has 0 aliphatic carbocycles. The Balaban J connectivity index is 0.00000256. The fourth-order valence-corrected chi connectivity index (χ4v) is 3.72. The Morgan fingerprint density at radius 3 is 2.40 bits per heavy atom. The third kappa shape index (κ3) is 4.38. The van der Waals surface area contributed by atoms with Crippen molar-refractivity contribution < 1.29 is 26.3 Å². The van der Waals surface area contributed by atoms with Crippen LogP contribution in [0.15, 0.2) is 66.7 Å². The van der Waals surface area contributed by atoms with Crippen LogP contribution in [-0.2, 0) is 13.1 Å². The van der Waals surface area contributed by atoms with Crippen LogP contribution in [0.5, 0.6) is 0 Å². The van der Waals surface area contributed by atoms with Crippen LogP contribution < -0.4 is 27.3 Å². The lowest BCUT2D eigenvalue weighted by molar-refractivity contribution is -0.648. The average molecular weight is 505 g/mol. The first kappa shape index (κ1) is 22.3. The van der Waals surface area contributed by atoms with Crippen molar-refractivity contribution in [2.45, 2.75) is 20.0 Å². The number of nitrogen functional groups attached to an aromatic ring is 1. The highest BCUT2D eigenvalue weighted by Gasteiger charge is 2.23. The molecule has 4 rings (SSSR count). The zero-order valence-corrected chi connectivity index (χ0v) is 19.4. The SMILES string of the molecule is Cc1ccc(C[n+]2c(N)n(CC(=O)c3ccc(Cl)c(Cl)c3)c3ccccc32)cc1.[Br-]. The van der Waals surface area contributed by atoms with Gasteiger partial charge >= 0.3 is 5.95 Å². The minimum absolute atomic E-state index is 0. The smallest absolute Gasteiger partial charge is 0.356 e. The Morgan fingerprint density at radius 1 is 1.00 bits per heavy atom. The summed E-state index contributed by atoms with van der Waals surface area (Å²) in [6.07, 6.45) is 0. The number of para-hydroxylation sites is 2. The number of aryl methyl sites for hydroxylation is 1. The summed E-state index contributed by atoms with van der Waals surface area (Å²) in [6.45, 7) is 2.80. The van der Waals surface area contributed by atoms with Gasteiger partial charge in [-0.05, 0) is 42.8 Å². The summed E-state index contributed by atoms with van der Waals surface area (Å²) in [7, 11) is 0. The van der Waals surface area contributed by atoms with E-state index in [1.165, 1.54) is 5.56 Å². The Labute approximate surface area is 195 Å². The van der Waals surface area contributed by atoms with Gasteiger partial charge in [-0.2, -0.15) is 0 Å². The average Bonchev–Trinajstić information content (AvgIpc) is 2.97. The van der Waals surface area contributed by atoms with E-state index in [1.807, 2.05) is 33.4 Å². The molecular formula is C23H20BrCl2N3O. The van der Waals surface area contributed by atoms with Gasteiger partial charge in [-0.1, -0.05) is 65.2 Å². The molecule has 0 fully saturated rings. The zero-order valence-electron chi connectivity index (χ0n) is 16.3. The highest BCUT2D eigenvalue weighted by atomic mass is 79.9. The minimum Gasteiger partial charge on any atom is -1.00 e. The number of nitrogens with zero attached hydrogens (tertiary/aromatic N) is 2. The van der Waals surface area contributed by atoms with Crippen LogP contribution in [0, 0.1) is 6.92 Å². The van der Waals surface area contributed by atoms with Crippen LogP contribution in [0.1, 0.15) is 21.5 Å². The first-order valence-electron chi connectivity index (χ1n) is 9.24. The minimum atomic E-state index is -0.0847. The monoisotopic (exact) mass is 503 g/mol. The van der Waals surface area contributed by atoms with Crippen molar-refractivity contribution in [1.29, 1.82) is 0 Å². The van der Waals surface area contributed by atoms with Crippen LogP contribution in [0.4, 0.5) is 5.95 Å². The molecule has 4 aromatic rings. The lowest BCUT2D eigenvalue weighted by Gasteiger charge is -2.04. The summed E-state index contributed by atoms with van der Waals surface area (Å²) in [4.78, 5) is 12.9. The number of hydrogen-bond donors (Lipinski definition) is 1. The van der Waals surface area contributed by atoms with E-state index in [4.69, 9.17) is 28.9 Å². The first-order valence-corrected chi connectivity index (χ1v) is 10.00. The highest BCUT2D eigenvalue weighted by molar-refractivity contribution is 6.42. The van der Waals surface area contributed by atoms with Gasteiger partial charge in [0, 0.05) is 5.56 Å². The van der Waals surface area contributed by atoms with E-state index in [-0.39, 0.29) is 29.3 Å². The van der Waals surface area contributed by atoms with Gasteiger partial charge in [0.2, 0.25) is 0 Å². The lowest BCUT2D eigenvalue weighted by atomic mass is 10.1. The van der Waals surface area contributed by atoms with Crippen LogP contribution in [0.3, 0.4) is 0 Å². The van der Waals surface area contributed by atoms with Gasteiger partial charge in [-0.25, -0.2) is 9.13 Å². The number of anilines is 1. The molecule has 1 aromatic heterocycles. The van der Waals surface area contributed by atoms with Gasteiger partial charge in [0.15, 0.2) is 5.78 Å². The van der Waals surface area contributed by atoms with E-state index in [0.717, 1.165) is 16.6 Å². The van der Waals surface area contributed by atoms with Crippen molar-refractivity contribution in [3.63, 3.8) is 0 Å². The van der Waals surface area contributed by atoms with Crippen molar-refractivity contribution in [3.8, 4) is 0 Å². The molecule has 4 nitrogen and oxygen atoms in total. The summed E-state index contributed by atoms with van der Waals surface area (Å²) in [5.41, 5.74) is 11.2. The number of imidazole rings is 1. The molecule has 1 heterocycles. The number of fused-ring (bicyclic) bond motifs is 1. The molecule has 0 atom stereocenters. The molecule has 0 saturated heterocycles. The fraction of sp³-hybridized carbons (Fsp3) is 0.130. The predicted molar refractivity (Wildman–Crippen MR) is 118 cm³/mol. The molecule has 0 aliphatic heterocycles. The molecule has 2 N–H and O–H groups in total. The van der Waals surface area contributed by atoms with E-state index in [0.29, 0.717) is 28.1 Å². The van der Waals surface area contributed by atoms with E-state index in [2.05, 4.69) is 31.2 Å². The van der Waals surface area contributed by atoms with Gasteiger partial charge in [0.25, 0.3) is 0 Å². The number of benzene rings is 3. The van der Waals surface area contributed by atoms with Crippen molar-refractivity contribution in [3.05, 3.63) is 93.5 Å². The maximum Gasteiger partial charge on any atom is 0.356 e. The number of carbonyl (C=O) groups is 1. The lowest BCUT2D eigenvalue weighted by Crippen LogP contribution is -3.00. The summed E-state index contributed by atoms with van der Waals surface area (Å²) >= 11 is 12.0. The van der Waals surface area contributed by atoms with E-state index in [9.17, 15) is 4.79 Å². The maximum atomic E-state index is 12.9. The van der Waals surface area contributed by atoms with E-state index < -0.39 is 0 Å². The summed E-state index contributed by atoms with van der Waals surface area (Å²) in [5.74, 6) is 0.443. The highest BCUT2D eigenvalue weighted by Crippen LogP contribution is 2.24. The van der Waals surface area contributed by atoms with Crippen molar-refractivity contribution in [1.82, 2.24) is 4.57 Å². The van der Waals surface area contributed by atoms with E-state index >= 15 is 0 Å². The first-order chi connectivity index (χ1) is 13.9. The van der Waals surface area contributed by atoms with E-state index in [1.54, 1.807) is 18.2 Å². The molecular weight excluding hydrogens is 485 g/mol. The zero-order chi connectivity index (χ0) is 20.5. The second-order valence-electron chi connectivity index (χ2n) is 7.06. The number of rotatable bonds is 5. The number of ketones is 1. The Kier molecular flexibility index (Phi) is 6.86. The van der Waals surface area contributed by atoms with Crippen molar-refractivity contribution in [2.75, 3.05) is 5.73 Å². The quantitative estimate of drug-likeness (QED) is 0.334. The molecule has 0 radical (unpaired) electrons. The largest absolute Gasteiger partial charge is 1.00 e. The maximum absolute atomic E-state index is 12.9. The molecule has 7 heteroatoms. The molecule has 0 unspecified atom stereocenters. The Hall–Kier alpha value is -2.34. The summed E-state index contributed by atoms with van der Waals surface area (Å²) < 4.78 is 3.87. The number of aromatic nitrogens is 2. The fourth-order valence-electron chi connectivity index (χ4n) is 3.43. The standard InChI is InChI=1S/C23H19Cl2N3O.BrH/c1-15-6-8-16(9-7-15)13-27-20-4-2-3-5-21(20)28(23(27)26)14-22(29)17-10-11-18(24)19(25)12-17;/h2-12,26H,13-14H2,1H3;1H. The van der Waals surface area contributed by atoms with Crippen LogP contribution in [0.2, 0.25) is 10.0 Å². The Bertz CT molecular complexity index is 1220. The molecule has 0 saturated carbocycles. The van der Waals surface area contributed by atoms with Gasteiger partial charge in [-0.3, -0.25) is 10.5 Å². The van der Waals surface area contributed by atoms with Crippen molar-refractivity contribution in [2.24, 2.45) is 0 Å². The number of nitrogens with two attached hydrogens (primary N) is 1. The molecule has 0 amide bonds. The van der Waals surface area contributed by atoms with Crippen molar-refractivity contribution >= 4 is 46.0 Å². The Morgan fingerprint density at radius 2 is 1.70 bits per heavy atom. The number of halogens is 3. The van der Waals surface area contributed by atoms with Crippen LogP contribution in [0.25, 0.3) is 11.0 Å². The molecule has 0 spiro atoms. The molecule has 0 aliphatic rings. The second-order valence-corrected chi connectivity index (χ2v) is 7.87.